The molecule has 0 aliphatic heterocycles. The second-order valence-corrected chi connectivity index (χ2v) is 27.0. The van der Waals surface area contributed by atoms with Crippen molar-refractivity contribution in [1.29, 1.82) is 0 Å². The number of hydrogen-bond donors (Lipinski definition) is 1. The molecule has 0 aromatic carbocycles. The van der Waals surface area contributed by atoms with Crippen molar-refractivity contribution in [1.82, 2.24) is 0 Å². The Hall–Kier alpha value is -3.85. The van der Waals surface area contributed by atoms with Crippen LogP contribution in [0.25, 0.3) is 0 Å². The van der Waals surface area contributed by atoms with Crippen LogP contribution >= 0.6 is 7.82 Å². The van der Waals surface area contributed by atoms with Crippen LogP contribution in [0.3, 0.4) is 0 Å². The highest BCUT2D eigenvalue weighted by atomic mass is 31.2. The Balaban J connectivity index is 4.03. The molecule has 0 aromatic rings. The van der Waals surface area contributed by atoms with Crippen molar-refractivity contribution < 1.29 is 42.1 Å². The van der Waals surface area contributed by atoms with E-state index in [9.17, 15) is 19.0 Å². The van der Waals surface area contributed by atoms with Crippen LogP contribution in [0.15, 0.2) is 134 Å². The van der Waals surface area contributed by atoms with Crippen molar-refractivity contribution in [2.45, 2.75) is 315 Å². The van der Waals surface area contributed by atoms with Crippen molar-refractivity contribution in [3.8, 4) is 0 Å². The Morgan fingerprint density at radius 1 is 0.344 bits per heavy atom. The molecule has 9 nitrogen and oxygen atoms in total. The zero-order valence-electron chi connectivity index (χ0n) is 58.8. The van der Waals surface area contributed by atoms with E-state index in [1.54, 1.807) is 0 Å². The summed E-state index contributed by atoms with van der Waals surface area (Å²) in [5, 5.41) is 0. The number of ether oxygens (including phenoxy) is 2. The van der Waals surface area contributed by atoms with Crippen LogP contribution in [0, 0.1) is 0 Å². The largest absolute Gasteiger partial charge is 0.472 e. The SMILES string of the molecule is CC/C=C\C/C=C\C/C=C\C/C=C\C/C=C\C/C=C\C/C=C\CCCCCCCCCCCCCC(=O)OC(COC(=O)CCCCCCCCCCCCCCCCCCCCCC/C=C\C/C=C\C/C=C\C/C=C\CC)COP(=O)(O)OCC[N+](C)(C)C. The number of phosphoric ester groups is 1. The number of allylic oxidation sites excluding steroid dienone is 22. The number of quaternary nitrogens is 1. The van der Waals surface area contributed by atoms with Gasteiger partial charge in [-0.1, -0.05) is 321 Å². The maximum atomic E-state index is 12.9. The number of likely N-dealkylation sites (N-methyl/N-ethyl adjacent to an activating group) is 1. The van der Waals surface area contributed by atoms with Gasteiger partial charge in [-0.3, -0.25) is 18.6 Å². The fourth-order valence-electron chi connectivity index (χ4n) is 10.1. The molecule has 0 bridgehead atoms. The molecule has 2 atom stereocenters. The van der Waals surface area contributed by atoms with Crippen LogP contribution in [-0.4, -0.2) is 74.9 Å². The van der Waals surface area contributed by atoms with Gasteiger partial charge in [0.1, 0.15) is 19.8 Å². The summed E-state index contributed by atoms with van der Waals surface area (Å²) in [6, 6.07) is 0. The van der Waals surface area contributed by atoms with E-state index in [1.165, 1.54) is 161 Å². The molecule has 0 aliphatic rings. The standard InChI is InChI=1S/C80H138NO8P/c1-6-8-10-12-14-16-18-20-22-24-26-28-30-32-34-36-38-40-42-44-46-48-50-52-54-56-58-60-62-64-66-68-70-72-79(82)86-76-78(77-88-90(84,85)87-75-74-81(3,4)5)89-80(83)73-71-69-67-65-63-61-59-57-55-53-51-49-47-45-43-41-39-37-35-33-31-29-27-25-23-21-19-17-15-13-11-9-7-2/h8-11,14-17,20-23,26-29,33,35,39,41,45,47,78H,6-7,12-13,18-19,24-25,30-32,34,36-38,40,42-44,46,48-77H2,1-5H3/p+1/b10-8-,11-9-,16-14-,17-15-,22-20-,23-21-,28-26-,29-27-,35-33-,41-39-,47-45-. The molecule has 0 aromatic heterocycles. The topological polar surface area (TPSA) is 108 Å². The van der Waals surface area contributed by atoms with Crippen LogP contribution in [0.4, 0.5) is 0 Å². The number of nitrogens with zero attached hydrogens (tertiary/aromatic N) is 1. The van der Waals surface area contributed by atoms with Gasteiger partial charge in [0.15, 0.2) is 6.10 Å². The fraction of sp³-hybridized carbons (Fsp3) is 0.700. The lowest BCUT2D eigenvalue weighted by Crippen LogP contribution is -2.37. The monoisotopic (exact) mass is 1270 g/mol. The van der Waals surface area contributed by atoms with Gasteiger partial charge in [0, 0.05) is 12.8 Å². The molecule has 0 fully saturated rings. The predicted octanol–water partition coefficient (Wildman–Crippen LogP) is 24.4. The smallest absolute Gasteiger partial charge is 0.462 e. The van der Waals surface area contributed by atoms with Crippen molar-refractivity contribution in [3.05, 3.63) is 134 Å². The van der Waals surface area contributed by atoms with Crippen LogP contribution < -0.4 is 0 Å². The summed E-state index contributed by atoms with van der Waals surface area (Å²) >= 11 is 0. The second-order valence-electron chi connectivity index (χ2n) is 25.6. The Morgan fingerprint density at radius 3 is 0.889 bits per heavy atom. The predicted molar refractivity (Wildman–Crippen MR) is 390 cm³/mol. The molecule has 0 aliphatic carbocycles. The van der Waals surface area contributed by atoms with E-state index in [1.807, 2.05) is 21.1 Å². The van der Waals surface area contributed by atoms with Crippen LogP contribution in [0.1, 0.15) is 309 Å². The maximum Gasteiger partial charge on any atom is 0.472 e. The van der Waals surface area contributed by atoms with Crippen LogP contribution in [0.5, 0.6) is 0 Å². The summed E-state index contributed by atoms with van der Waals surface area (Å²) in [5.41, 5.74) is 0. The summed E-state index contributed by atoms with van der Waals surface area (Å²) < 4.78 is 34.8. The van der Waals surface area contributed by atoms with Gasteiger partial charge in [-0.25, -0.2) is 4.57 Å². The molecule has 0 rings (SSSR count). The highest BCUT2D eigenvalue weighted by molar-refractivity contribution is 7.47. The second kappa shape index (κ2) is 69.5. The lowest BCUT2D eigenvalue weighted by atomic mass is 10.0. The van der Waals surface area contributed by atoms with Crippen molar-refractivity contribution in [2.24, 2.45) is 0 Å². The summed E-state index contributed by atoms with van der Waals surface area (Å²) in [5.74, 6) is -0.796. The Kier molecular flexibility index (Phi) is 66.5. The first-order valence-corrected chi connectivity index (χ1v) is 38.4. The molecule has 0 radical (unpaired) electrons. The van der Waals surface area contributed by atoms with Gasteiger partial charge in [-0.05, 0) is 109 Å². The van der Waals surface area contributed by atoms with Crippen molar-refractivity contribution in [3.63, 3.8) is 0 Å². The van der Waals surface area contributed by atoms with E-state index in [0.717, 1.165) is 116 Å². The van der Waals surface area contributed by atoms with Crippen LogP contribution in [0.2, 0.25) is 0 Å². The number of hydrogen-bond acceptors (Lipinski definition) is 7. The minimum atomic E-state index is -4.40. The third-order valence-electron chi connectivity index (χ3n) is 15.7. The molecule has 0 spiro atoms. The molecule has 0 saturated heterocycles. The maximum absolute atomic E-state index is 12.9. The van der Waals surface area contributed by atoms with E-state index < -0.39 is 26.5 Å². The third kappa shape index (κ3) is 73.2. The van der Waals surface area contributed by atoms with E-state index in [0.29, 0.717) is 17.4 Å². The first-order chi connectivity index (χ1) is 44.0. The first-order valence-electron chi connectivity index (χ1n) is 36.9. The lowest BCUT2D eigenvalue weighted by Gasteiger charge is -2.24. The van der Waals surface area contributed by atoms with Gasteiger partial charge in [0.05, 0.1) is 27.7 Å². The molecule has 0 saturated carbocycles. The summed E-state index contributed by atoms with van der Waals surface area (Å²) in [6.45, 7) is 4.23. The summed E-state index contributed by atoms with van der Waals surface area (Å²) in [7, 11) is 1.47. The van der Waals surface area contributed by atoms with Gasteiger partial charge in [0.25, 0.3) is 0 Å². The quantitative estimate of drug-likeness (QED) is 0.0211. The average Bonchev–Trinajstić information content (AvgIpc) is 3.58. The molecule has 0 amide bonds. The third-order valence-corrected chi connectivity index (χ3v) is 16.7. The molecule has 0 heterocycles. The van der Waals surface area contributed by atoms with Crippen molar-refractivity contribution in [2.75, 3.05) is 47.5 Å². The molecular formula is C80H139NO8P+. The van der Waals surface area contributed by atoms with E-state index in [4.69, 9.17) is 18.5 Å². The normalized spacial score (nSPS) is 13.9. The lowest BCUT2D eigenvalue weighted by molar-refractivity contribution is -0.870. The zero-order valence-corrected chi connectivity index (χ0v) is 59.7. The van der Waals surface area contributed by atoms with Gasteiger partial charge in [-0.2, -0.15) is 0 Å². The van der Waals surface area contributed by atoms with Crippen molar-refractivity contribution >= 4 is 19.8 Å². The van der Waals surface area contributed by atoms with E-state index in [-0.39, 0.29) is 32.0 Å². The number of rotatable bonds is 67. The Labute approximate surface area is 555 Å². The minimum Gasteiger partial charge on any atom is -0.462 e. The Bertz CT molecular complexity index is 1980. The van der Waals surface area contributed by atoms with Gasteiger partial charge >= 0.3 is 19.8 Å². The van der Waals surface area contributed by atoms with E-state index in [2.05, 4.69) is 148 Å². The molecule has 2 unspecified atom stereocenters. The first kappa shape index (κ1) is 86.2. The fourth-order valence-corrected chi connectivity index (χ4v) is 10.8. The molecule has 1 N–H and O–H groups in total. The summed E-state index contributed by atoms with van der Waals surface area (Å²) in [6.07, 6.45) is 101. The molecular weight excluding hydrogens is 1130 g/mol. The number of phosphoric acid groups is 1. The number of unbranched alkanes of at least 4 members (excludes halogenated alkanes) is 31. The average molecular weight is 1270 g/mol. The number of esters is 2. The molecule has 10 heteroatoms. The van der Waals surface area contributed by atoms with Gasteiger partial charge < -0.3 is 18.9 Å². The van der Waals surface area contributed by atoms with E-state index >= 15 is 0 Å². The zero-order chi connectivity index (χ0) is 65.5. The highest BCUT2D eigenvalue weighted by Gasteiger charge is 2.27. The minimum absolute atomic E-state index is 0.0270. The number of carbonyl (C=O) groups excluding carboxylic acids is 2. The summed E-state index contributed by atoms with van der Waals surface area (Å²) in [4.78, 5) is 35.9. The number of carbonyl (C=O) groups is 2. The molecule has 90 heavy (non-hydrogen) atoms. The van der Waals surface area contributed by atoms with Gasteiger partial charge in [-0.15, -0.1) is 0 Å². The highest BCUT2D eigenvalue weighted by Crippen LogP contribution is 2.43. The van der Waals surface area contributed by atoms with Gasteiger partial charge in [0.2, 0.25) is 0 Å². The Morgan fingerprint density at radius 2 is 0.600 bits per heavy atom. The molecule has 516 valence electrons. The van der Waals surface area contributed by atoms with Crippen LogP contribution in [-0.2, 0) is 32.7 Å².